The SMILES string of the molecule is CCCC=CC(CCC)CCCCCCCC. The van der Waals surface area contributed by atoms with Crippen molar-refractivity contribution < 1.29 is 0 Å². The lowest BCUT2D eigenvalue weighted by Crippen LogP contribution is -1.96. The fourth-order valence-corrected chi connectivity index (χ4v) is 2.35. The highest BCUT2D eigenvalue weighted by Crippen LogP contribution is 2.18. The van der Waals surface area contributed by atoms with Gasteiger partial charge >= 0.3 is 0 Å². The van der Waals surface area contributed by atoms with E-state index >= 15 is 0 Å². The second-order valence-corrected chi connectivity index (χ2v) is 5.32. The van der Waals surface area contributed by atoms with Gasteiger partial charge in [0.1, 0.15) is 0 Å². The van der Waals surface area contributed by atoms with Crippen LogP contribution in [0.2, 0.25) is 0 Å². The minimum atomic E-state index is 0.859. The molecule has 0 saturated carbocycles. The van der Waals surface area contributed by atoms with Crippen molar-refractivity contribution in [2.75, 3.05) is 0 Å². The molecule has 0 aromatic rings. The van der Waals surface area contributed by atoms with E-state index in [0.29, 0.717) is 0 Å². The first-order valence-corrected chi connectivity index (χ1v) is 8.01. The summed E-state index contributed by atoms with van der Waals surface area (Å²) in [7, 11) is 0. The number of hydrogen-bond donors (Lipinski definition) is 0. The molecule has 0 aliphatic heterocycles. The molecule has 1 atom stereocenters. The smallest absolute Gasteiger partial charge is 0.0234 e. The Morgan fingerprint density at radius 3 is 2.06 bits per heavy atom. The summed E-state index contributed by atoms with van der Waals surface area (Å²) in [6.45, 7) is 6.85. The first-order valence-electron chi connectivity index (χ1n) is 8.01. The van der Waals surface area contributed by atoms with Gasteiger partial charge in [-0.05, 0) is 25.2 Å². The summed E-state index contributed by atoms with van der Waals surface area (Å²) in [6.07, 6.45) is 20.1. The highest BCUT2D eigenvalue weighted by Gasteiger charge is 2.02. The summed E-state index contributed by atoms with van der Waals surface area (Å²) in [5.74, 6) is 0.859. The highest BCUT2D eigenvalue weighted by molar-refractivity contribution is 4.87. The van der Waals surface area contributed by atoms with Gasteiger partial charge in [0.25, 0.3) is 0 Å². The predicted octanol–water partition coefficient (Wildman–Crippen LogP) is 6.51. The molecule has 0 N–H and O–H groups in total. The molecule has 1 unspecified atom stereocenters. The summed E-state index contributed by atoms with van der Waals surface area (Å²) < 4.78 is 0. The van der Waals surface area contributed by atoms with E-state index in [-0.39, 0.29) is 0 Å². The quantitative estimate of drug-likeness (QED) is 0.268. The molecule has 0 spiro atoms. The number of unbranched alkanes of at least 4 members (excludes halogenated alkanes) is 6. The van der Waals surface area contributed by atoms with Crippen LogP contribution in [-0.4, -0.2) is 0 Å². The standard InChI is InChI=1S/C17H34/c1-4-7-9-10-11-13-16-17(14-6-3)15-12-8-5-2/h12,15,17H,4-11,13-14,16H2,1-3H3. The van der Waals surface area contributed by atoms with E-state index < -0.39 is 0 Å². The summed E-state index contributed by atoms with van der Waals surface area (Å²) in [5.41, 5.74) is 0. The molecule has 0 amide bonds. The zero-order valence-electron chi connectivity index (χ0n) is 12.5. The van der Waals surface area contributed by atoms with Gasteiger partial charge in [0.2, 0.25) is 0 Å². The average Bonchev–Trinajstić information content (AvgIpc) is 2.34. The van der Waals surface area contributed by atoms with E-state index in [1.807, 2.05) is 0 Å². The van der Waals surface area contributed by atoms with Crippen LogP contribution in [0.4, 0.5) is 0 Å². The third-order valence-corrected chi connectivity index (χ3v) is 3.45. The first kappa shape index (κ1) is 16.7. The third-order valence-electron chi connectivity index (χ3n) is 3.45. The lowest BCUT2D eigenvalue weighted by Gasteiger charge is -2.11. The van der Waals surface area contributed by atoms with Crippen LogP contribution in [0.1, 0.15) is 91.4 Å². The lowest BCUT2D eigenvalue weighted by molar-refractivity contribution is 0.488. The van der Waals surface area contributed by atoms with Crippen molar-refractivity contribution >= 4 is 0 Å². The minimum Gasteiger partial charge on any atom is -0.0883 e. The van der Waals surface area contributed by atoms with Gasteiger partial charge in [-0.1, -0.05) is 84.3 Å². The molecule has 102 valence electrons. The van der Waals surface area contributed by atoms with Crippen LogP contribution >= 0.6 is 0 Å². The molecule has 0 aromatic carbocycles. The van der Waals surface area contributed by atoms with Crippen LogP contribution in [0.3, 0.4) is 0 Å². The van der Waals surface area contributed by atoms with Crippen molar-refractivity contribution in [3.05, 3.63) is 12.2 Å². The Morgan fingerprint density at radius 1 is 0.706 bits per heavy atom. The van der Waals surface area contributed by atoms with E-state index in [4.69, 9.17) is 0 Å². The van der Waals surface area contributed by atoms with E-state index in [0.717, 1.165) is 5.92 Å². The first-order chi connectivity index (χ1) is 8.35. The molecule has 0 aromatic heterocycles. The van der Waals surface area contributed by atoms with Crippen LogP contribution in [0.25, 0.3) is 0 Å². The van der Waals surface area contributed by atoms with E-state index in [1.165, 1.54) is 70.6 Å². The van der Waals surface area contributed by atoms with Crippen molar-refractivity contribution in [2.45, 2.75) is 91.4 Å². The summed E-state index contributed by atoms with van der Waals surface area (Å²) >= 11 is 0. The Morgan fingerprint density at radius 2 is 1.41 bits per heavy atom. The van der Waals surface area contributed by atoms with Crippen molar-refractivity contribution in [3.8, 4) is 0 Å². The Bertz CT molecular complexity index is 157. The largest absolute Gasteiger partial charge is 0.0883 e. The molecule has 17 heavy (non-hydrogen) atoms. The van der Waals surface area contributed by atoms with E-state index in [1.54, 1.807) is 0 Å². The summed E-state index contributed by atoms with van der Waals surface area (Å²) in [5, 5.41) is 0. The number of hydrogen-bond acceptors (Lipinski definition) is 0. The van der Waals surface area contributed by atoms with Crippen LogP contribution in [0.5, 0.6) is 0 Å². The molecular formula is C17H34. The van der Waals surface area contributed by atoms with Gasteiger partial charge in [0.05, 0.1) is 0 Å². The second kappa shape index (κ2) is 13.8. The van der Waals surface area contributed by atoms with Gasteiger partial charge < -0.3 is 0 Å². The maximum absolute atomic E-state index is 2.49. The molecule has 0 aliphatic carbocycles. The molecule has 0 nitrogen and oxygen atoms in total. The molecule has 0 saturated heterocycles. The van der Waals surface area contributed by atoms with Crippen LogP contribution in [0.15, 0.2) is 12.2 Å². The summed E-state index contributed by atoms with van der Waals surface area (Å²) in [4.78, 5) is 0. The van der Waals surface area contributed by atoms with Crippen molar-refractivity contribution in [2.24, 2.45) is 5.92 Å². The minimum absolute atomic E-state index is 0.859. The lowest BCUT2D eigenvalue weighted by atomic mass is 9.95. The number of rotatable bonds is 12. The zero-order chi connectivity index (χ0) is 12.8. The molecule has 0 radical (unpaired) electrons. The Kier molecular flexibility index (Phi) is 13.6. The van der Waals surface area contributed by atoms with Gasteiger partial charge in [-0.2, -0.15) is 0 Å². The Balaban J connectivity index is 3.55. The maximum atomic E-state index is 2.49. The van der Waals surface area contributed by atoms with E-state index in [2.05, 4.69) is 32.9 Å². The van der Waals surface area contributed by atoms with Crippen LogP contribution in [-0.2, 0) is 0 Å². The van der Waals surface area contributed by atoms with Gasteiger partial charge in [-0.3, -0.25) is 0 Å². The molecule has 0 bridgehead atoms. The fraction of sp³-hybridized carbons (Fsp3) is 0.882. The Hall–Kier alpha value is -0.260. The fourth-order valence-electron chi connectivity index (χ4n) is 2.35. The van der Waals surface area contributed by atoms with Crippen molar-refractivity contribution in [1.29, 1.82) is 0 Å². The third kappa shape index (κ3) is 12.0. The predicted molar refractivity (Wildman–Crippen MR) is 80.4 cm³/mol. The monoisotopic (exact) mass is 238 g/mol. The molecule has 0 fully saturated rings. The van der Waals surface area contributed by atoms with Crippen molar-refractivity contribution in [3.63, 3.8) is 0 Å². The average molecular weight is 238 g/mol. The maximum Gasteiger partial charge on any atom is -0.0234 e. The van der Waals surface area contributed by atoms with Crippen LogP contribution in [0, 0.1) is 5.92 Å². The van der Waals surface area contributed by atoms with Crippen LogP contribution < -0.4 is 0 Å². The highest BCUT2D eigenvalue weighted by atomic mass is 14.1. The normalized spacial score (nSPS) is 13.4. The number of allylic oxidation sites excluding steroid dienone is 2. The Labute approximate surface area is 110 Å². The van der Waals surface area contributed by atoms with Crippen molar-refractivity contribution in [1.82, 2.24) is 0 Å². The second-order valence-electron chi connectivity index (χ2n) is 5.32. The molecule has 0 heteroatoms. The topological polar surface area (TPSA) is 0 Å². The zero-order valence-corrected chi connectivity index (χ0v) is 12.5. The van der Waals surface area contributed by atoms with E-state index in [9.17, 15) is 0 Å². The van der Waals surface area contributed by atoms with Gasteiger partial charge in [0.15, 0.2) is 0 Å². The molecule has 0 rings (SSSR count). The molecule has 0 heterocycles. The molecule has 0 aliphatic rings. The molecular weight excluding hydrogens is 204 g/mol. The van der Waals surface area contributed by atoms with Gasteiger partial charge in [-0.15, -0.1) is 0 Å². The van der Waals surface area contributed by atoms with Gasteiger partial charge in [0, 0.05) is 0 Å². The van der Waals surface area contributed by atoms with Gasteiger partial charge in [-0.25, -0.2) is 0 Å². The summed E-state index contributed by atoms with van der Waals surface area (Å²) in [6, 6.07) is 0.